The molecule has 4 heteroatoms. The van der Waals surface area contributed by atoms with Gasteiger partial charge in [0.25, 0.3) is 0 Å². The number of rotatable bonds is 8. The van der Waals surface area contributed by atoms with Crippen LogP contribution in [-0.2, 0) is 4.79 Å². The fourth-order valence-corrected chi connectivity index (χ4v) is 2.21. The van der Waals surface area contributed by atoms with Gasteiger partial charge in [-0.25, -0.2) is 0 Å². The zero-order valence-electron chi connectivity index (χ0n) is 13.2. The summed E-state index contributed by atoms with van der Waals surface area (Å²) in [5.41, 5.74) is 1.34. The number of amides is 1. The third-order valence-corrected chi connectivity index (χ3v) is 3.25. The van der Waals surface area contributed by atoms with Crippen LogP contribution < -0.4 is 5.32 Å². The molecule has 1 rings (SSSR count). The second kappa shape index (κ2) is 9.15. The third-order valence-electron chi connectivity index (χ3n) is 3.25. The van der Waals surface area contributed by atoms with E-state index in [1.54, 1.807) is 24.3 Å². The van der Waals surface area contributed by atoms with Gasteiger partial charge in [0.2, 0.25) is 5.91 Å². The zero-order chi connectivity index (χ0) is 15.7. The van der Waals surface area contributed by atoms with Crippen molar-refractivity contribution in [3.05, 3.63) is 29.8 Å². The molecule has 1 amide bonds. The topological polar surface area (TPSA) is 56.1 Å². The fourth-order valence-electron chi connectivity index (χ4n) is 2.21. The average molecular weight is 287 g/mol. The third kappa shape index (κ3) is 6.92. The number of nitrogens with one attached hydrogen (secondary N) is 1. The highest BCUT2D eigenvalue weighted by Crippen LogP contribution is 2.09. The van der Waals surface area contributed by atoms with Crippen LogP contribution in [-0.4, -0.2) is 30.4 Å². The average Bonchev–Trinajstić information content (AvgIpc) is 2.46. The Balaban J connectivity index is 2.31. The smallest absolute Gasteiger partial charge is 0.224 e. The predicted molar refractivity (Wildman–Crippen MR) is 86.0 cm³/mol. The van der Waals surface area contributed by atoms with Gasteiger partial charge in [0.15, 0.2) is 0 Å². The maximum Gasteiger partial charge on any atom is 0.224 e. The van der Waals surface area contributed by atoms with Crippen LogP contribution >= 0.6 is 0 Å². The van der Waals surface area contributed by atoms with E-state index in [0.717, 1.165) is 31.7 Å². The molecule has 4 nitrogen and oxygen atoms in total. The minimum atomic E-state index is 0.0281. The van der Waals surface area contributed by atoms with E-state index in [1.165, 1.54) is 0 Å². The van der Waals surface area contributed by atoms with Gasteiger partial charge in [-0.2, -0.15) is 5.26 Å². The Bertz CT molecular complexity index is 474. The minimum Gasteiger partial charge on any atom is -0.326 e. The van der Waals surface area contributed by atoms with Gasteiger partial charge < -0.3 is 10.2 Å². The Labute approximate surface area is 127 Å². The summed E-state index contributed by atoms with van der Waals surface area (Å²) >= 11 is 0. The molecule has 0 radical (unpaired) electrons. The van der Waals surface area contributed by atoms with E-state index in [1.807, 2.05) is 0 Å². The van der Waals surface area contributed by atoms with Crippen molar-refractivity contribution in [2.24, 2.45) is 5.92 Å². The van der Waals surface area contributed by atoms with E-state index in [-0.39, 0.29) is 5.91 Å². The SMILES string of the molecule is CCN(CCCC(=O)Nc1ccc(C#N)cc1)CC(C)C. The summed E-state index contributed by atoms with van der Waals surface area (Å²) in [7, 11) is 0. The summed E-state index contributed by atoms with van der Waals surface area (Å²) in [5.74, 6) is 0.678. The van der Waals surface area contributed by atoms with Gasteiger partial charge in [0.1, 0.15) is 0 Å². The van der Waals surface area contributed by atoms with Crippen molar-refractivity contribution in [2.75, 3.05) is 25.0 Å². The molecule has 0 atom stereocenters. The maximum atomic E-state index is 11.9. The molecule has 0 bridgehead atoms. The van der Waals surface area contributed by atoms with Crippen molar-refractivity contribution in [3.8, 4) is 6.07 Å². The highest BCUT2D eigenvalue weighted by Gasteiger charge is 2.07. The Morgan fingerprint density at radius 3 is 2.52 bits per heavy atom. The maximum absolute atomic E-state index is 11.9. The van der Waals surface area contributed by atoms with Crippen molar-refractivity contribution in [3.63, 3.8) is 0 Å². The molecular weight excluding hydrogens is 262 g/mol. The molecule has 0 aromatic heterocycles. The van der Waals surface area contributed by atoms with Gasteiger partial charge in [-0.3, -0.25) is 4.79 Å². The van der Waals surface area contributed by atoms with Crippen LogP contribution in [0.5, 0.6) is 0 Å². The Kier molecular flexibility index (Phi) is 7.49. The highest BCUT2D eigenvalue weighted by atomic mass is 16.1. The number of hydrogen-bond acceptors (Lipinski definition) is 3. The summed E-state index contributed by atoms with van der Waals surface area (Å²) in [6, 6.07) is 8.98. The van der Waals surface area contributed by atoms with Crippen LogP contribution in [0.2, 0.25) is 0 Å². The van der Waals surface area contributed by atoms with Crippen molar-refractivity contribution in [1.82, 2.24) is 4.90 Å². The van der Waals surface area contributed by atoms with Crippen LogP contribution in [0.15, 0.2) is 24.3 Å². The molecular formula is C17H25N3O. The number of nitriles is 1. The largest absolute Gasteiger partial charge is 0.326 e. The molecule has 0 heterocycles. The van der Waals surface area contributed by atoms with Crippen molar-refractivity contribution >= 4 is 11.6 Å². The van der Waals surface area contributed by atoms with Crippen molar-refractivity contribution in [1.29, 1.82) is 5.26 Å². The first-order chi connectivity index (χ1) is 10.0. The standard InChI is InChI=1S/C17H25N3O/c1-4-20(13-14(2)3)11-5-6-17(21)19-16-9-7-15(12-18)8-10-16/h7-10,14H,4-6,11,13H2,1-3H3,(H,19,21). The first-order valence-corrected chi connectivity index (χ1v) is 7.57. The molecule has 1 N–H and O–H groups in total. The first-order valence-electron chi connectivity index (χ1n) is 7.57. The second-order valence-corrected chi connectivity index (χ2v) is 5.63. The van der Waals surface area contributed by atoms with Gasteiger partial charge in [-0.05, 0) is 49.7 Å². The minimum absolute atomic E-state index is 0.0281. The molecule has 0 aliphatic rings. The molecule has 21 heavy (non-hydrogen) atoms. The van der Waals surface area contributed by atoms with Gasteiger partial charge in [-0.15, -0.1) is 0 Å². The summed E-state index contributed by atoms with van der Waals surface area (Å²) < 4.78 is 0. The molecule has 0 saturated heterocycles. The number of carbonyl (C=O) groups excluding carboxylic acids is 1. The van der Waals surface area contributed by atoms with E-state index in [2.05, 4.69) is 37.1 Å². The Morgan fingerprint density at radius 2 is 2.00 bits per heavy atom. The van der Waals surface area contributed by atoms with Gasteiger partial charge in [0.05, 0.1) is 11.6 Å². The second-order valence-electron chi connectivity index (χ2n) is 5.63. The first kappa shape index (κ1) is 17.2. The number of benzene rings is 1. The summed E-state index contributed by atoms with van der Waals surface area (Å²) in [6.07, 6.45) is 1.39. The van der Waals surface area contributed by atoms with E-state index in [9.17, 15) is 4.79 Å². The van der Waals surface area contributed by atoms with Gasteiger partial charge in [0, 0.05) is 18.7 Å². The van der Waals surface area contributed by atoms with Crippen LogP contribution in [0.3, 0.4) is 0 Å². The normalized spacial score (nSPS) is 10.7. The zero-order valence-corrected chi connectivity index (χ0v) is 13.2. The number of carbonyl (C=O) groups is 1. The number of nitrogens with zero attached hydrogens (tertiary/aromatic N) is 2. The Morgan fingerprint density at radius 1 is 1.33 bits per heavy atom. The Hall–Kier alpha value is -1.86. The number of hydrogen-bond donors (Lipinski definition) is 1. The molecule has 1 aromatic rings. The lowest BCUT2D eigenvalue weighted by atomic mass is 10.2. The van der Waals surface area contributed by atoms with Crippen LogP contribution in [0.1, 0.15) is 39.2 Å². The summed E-state index contributed by atoms with van der Waals surface area (Å²) in [4.78, 5) is 14.2. The van der Waals surface area contributed by atoms with Crippen LogP contribution in [0, 0.1) is 17.2 Å². The molecule has 0 spiro atoms. The highest BCUT2D eigenvalue weighted by molar-refractivity contribution is 5.90. The lowest BCUT2D eigenvalue weighted by Gasteiger charge is -2.22. The van der Waals surface area contributed by atoms with Gasteiger partial charge >= 0.3 is 0 Å². The lowest BCUT2D eigenvalue weighted by molar-refractivity contribution is -0.116. The molecule has 1 aromatic carbocycles. The fraction of sp³-hybridized carbons (Fsp3) is 0.529. The quantitative estimate of drug-likeness (QED) is 0.798. The van der Waals surface area contributed by atoms with Gasteiger partial charge in [-0.1, -0.05) is 20.8 Å². The van der Waals surface area contributed by atoms with Crippen molar-refractivity contribution in [2.45, 2.75) is 33.6 Å². The molecule has 0 unspecified atom stereocenters. The summed E-state index contributed by atoms with van der Waals surface area (Å²) in [5, 5.41) is 11.6. The molecule has 0 aliphatic carbocycles. The van der Waals surface area contributed by atoms with Crippen molar-refractivity contribution < 1.29 is 4.79 Å². The van der Waals surface area contributed by atoms with E-state index in [0.29, 0.717) is 17.9 Å². The van der Waals surface area contributed by atoms with E-state index in [4.69, 9.17) is 5.26 Å². The predicted octanol–water partition coefficient (Wildman–Crippen LogP) is 3.25. The van der Waals surface area contributed by atoms with E-state index >= 15 is 0 Å². The summed E-state index contributed by atoms with van der Waals surface area (Å²) in [6.45, 7) is 9.62. The number of anilines is 1. The lowest BCUT2D eigenvalue weighted by Crippen LogP contribution is -2.29. The van der Waals surface area contributed by atoms with Crippen LogP contribution in [0.4, 0.5) is 5.69 Å². The van der Waals surface area contributed by atoms with Crippen LogP contribution in [0.25, 0.3) is 0 Å². The monoisotopic (exact) mass is 287 g/mol. The molecule has 0 fully saturated rings. The van der Waals surface area contributed by atoms with E-state index < -0.39 is 0 Å². The molecule has 0 aliphatic heterocycles. The molecule has 0 saturated carbocycles. The molecule has 114 valence electrons.